The maximum absolute atomic E-state index is 3.85. The van der Waals surface area contributed by atoms with Gasteiger partial charge in [-0.2, -0.15) is 0 Å². The fourth-order valence-corrected chi connectivity index (χ4v) is 6.59. The van der Waals surface area contributed by atoms with E-state index < -0.39 is 0 Å². The molecule has 190 valence electrons. The van der Waals surface area contributed by atoms with Crippen LogP contribution < -0.4 is 5.32 Å². The van der Waals surface area contributed by atoms with E-state index in [2.05, 4.69) is 133 Å². The minimum atomic E-state index is 0.679. The molecule has 0 saturated heterocycles. The predicted octanol–water partition coefficient (Wildman–Crippen LogP) is 11.1. The van der Waals surface area contributed by atoms with Crippen LogP contribution in [0.1, 0.15) is 43.6 Å². The summed E-state index contributed by atoms with van der Waals surface area (Å²) in [5.41, 5.74) is 8.75. The molecule has 7 rings (SSSR count). The SMILES string of the molecule is c1ccc(-c2cccc3ccccc23)c(Nc2ccccc2-c2ccc(C3CCCCC3)c3ccccc23)c1. The van der Waals surface area contributed by atoms with Crippen LogP contribution >= 0.6 is 0 Å². The van der Waals surface area contributed by atoms with Crippen LogP contribution in [0, 0.1) is 0 Å². The van der Waals surface area contributed by atoms with E-state index in [9.17, 15) is 0 Å². The summed E-state index contributed by atoms with van der Waals surface area (Å²) in [5.74, 6) is 0.679. The van der Waals surface area contributed by atoms with Crippen molar-refractivity contribution in [3.63, 3.8) is 0 Å². The summed E-state index contributed by atoms with van der Waals surface area (Å²) in [6, 6.07) is 46.4. The molecule has 1 aliphatic rings. The fraction of sp³-hybridized carbons (Fsp3) is 0.158. The Hall–Kier alpha value is -4.36. The lowest BCUT2D eigenvalue weighted by Gasteiger charge is -2.24. The zero-order valence-electron chi connectivity index (χ0n) is 22.2. The van der Waals surface area contributed by atoms with Crippen molar-refractivity contribution in [2.75, 3.05) is 5.32 Å². The number of anilines is 2. The summed E-state index contributed by atoms with van der Waals surface area (Å²) in [5, 5.41) is 9.13. The van der Waals surface area contributed by atoms with Crippen molar-refractivity contribution in [3.8, 4) is 22.3 Å². The van der Waals surface area contributed by atoms with Gasteiger partial charge < -0.3 is 5.32 Å². The maximum atomic E-state index is 3.85. The third-order valence-corrected chi connectivity index (χ3v) is 8.50. The van der Waals surface area contributed by atoms with Crippen LogP contribution in [-0.4, -0.2) is 0 Å². The lowest BCUT2D eigenvalue weighted by molar-refractivity contribution is 0.445. The molecule has 0 radical (unpaired) electrons. The number of nitrogens with one attached hydrogen (secondary N) is 1. The molecule has 1 heteroatoms. The van der Waals surface area contributed by atoms with Gasteiger partial charge in [0, 0.05) is 22.5 Å². The van der Waals surface area contributed by atoms with Crippen molar-refractivity contribution < 1.29 is 0 Å². The Kier molecular flexibility index (Phi) is 6.34. The van der Waals surface area contributed by atoms with E-state index in [1.807, 2.05) is 0 Å². The standard InChI is InChI=1S/C38H33N/c1-2-13-27(14-3-1)30-25-26-34(33-19-7-6-18-31(30)33)36-21-9-11-24-38(36)39-37-23-10-8-20-35(37)32-22-12-16-28-15-4-5-17-29(28)32/h4-12,15-27,39H,1-3,13-14H2. The summed E-state index contributed by atoms with van der Waals surface area (Å²) in [7, 11) is 0. The van der Waals surface area contributed by atoms with Gasteiger partial charge in [-0.05, 0) is 69.1 Å². The van der Waals surface area contributed by atoms with Crippen molar-refractivity contribution >= 4 is 32.9 Å². The lowest BCUT2D eigenvalue weighted by Crippen LogP contribution is -2.05. The molecule has 6 aromatic carbocycles. The molecule has 6 aromatic rings. The van der Waals surface area contributed by atoms with Crippen molar-refractivity contribution in [3.05, 3.63) is 133 Å². The third-order valence-electron chi connectivity index (χ3n) is 8.50. The molecular formula is C38H33N. The number of benzene rings is 6. The lowest BCUT2D eigenvalue weighted by atomic mass is 9.81. The van der Waals surface area contributed by atoms with Crippen LogP contribution in [0.15, 0.2) is 127 Å². The average Bonchev–Trinajstić information content (AvgIpc) is 3.01. The van der Waals surface area contributed by atoms with Crippen LogP contribution in [0.3, 0.4) is 0 Å². The Labute approximate surface area is 231 Å². The first kappa shape index (κ1) is 23.7. The smallest absolute Gasteiger partial charge is 0.0464 e. The van der Waals surface area contributed by atoms with Crippen molar-refractivity contribution in [1.82, 2.24) is 0 Å². The second-order valence-corrected chi connectivity index (χ2v) is 10.8. The molecule has 1 fully saturated rings. The van der Waals surface area contributed by atoms with Gasteiger partial charge in [0.1, 0.15) is 0 Å². The Morgan fingerprint density at radius 2 is 0.949 bits per heavy atom. The molecule has 1 saturated carbocycles. The number of para-hydroxylation sites is 2. The first-order valence-corrected chi connectivity index (χ1v) is 14.3. The Balaban J connectivity index is 1.33. The van der Waals surface area contributed by atoms with E-state index in [1.54, 1.807) is 0 Å². The molecular weight excluding hydrogens is 470 g/mol. The topological polar surface area (TPSA) is 12.0 Å². The number of rotatable bonds is 5. The molecule has 0 aromatic heterocycles. The molecule has 39 heavy (non-hydrogen) atoms. The zero-order valence-corrected chi connectivity index (χ0v) is 22.2. The van der Waals surface area contributed by atoms with Gasteiger partial charge in [0.05, 0.1) is 0 Å². The Morgan fingerprint density at radius 3 is 1.69 bits per heavy atom. The number of hydrogen-bond donors (Lipinski definition) is 1. The highest BCUT2D eigenvalue weighted by atomic mass is 14.9. The molecule has 0 bridgehead atoms. The minimum Gasteiger partial charge on any atom is -0.355 e. The van der Waals surface area contributed by atoms with Gasteiger partial charge in [-0.15, -0.1) is 0 Å². The van der Waals surface area contributed by atoms with E-state index in [0.717, 1.165) is 11.4 Å². The Morgan fingerprint density at radius 1 is 0.410 bits per heavy atom. The molecule has 0 heterocycles. The monoisotopic (exact) mass is 503 g/mol. The summed E-state index contributed by atoms with van der Waals surface area (Å²) in [6.45, 7) is 0. The summed E-state index contributed by atoms with van der Waals surface area (Å²) >= 11 is 0. The number of fused-ring (bicyclic) bond motifs is 2. The highest BCUT2D eigenvalue weighted by Gasteiger charge is 2.20. The number of hydrogen-bond acceptors (Lipinski definition) is 1. The first-order valence-electron chi connectivity index (χ1n) is 14.3. The van der Waals surface area contributed by atoms with E-state index in [1.165, 1.54) is 81.5 Å². The predicted molar refractivity (Wildman–Crippen MR) is 168 cm³/mol. The Bertz CT molecular complexity index is 1770. The van der Waals surface area contributed by atoms with E-state index in [-0.39, 0.29) is 0 Å². The highest BCUT2D eigenvalue weighted by molar-refractivity contribution is 6.03. The van der Waals surface area contributed by atoms with Gasteiger partial charge in [0.2, 0.25) is 0 Å². The average molecular weight is 504 g/mol. The largest absolute Gasteiger partial charge is 0.355 e. The second-order valence-electron chi connectivity index (χ2n) is 10.8. The van der Waals surface area contributed by atoms with Gasteiger partial charge in [-0.3, -0.25) is 0 Å². The van der Waals surface area contributed by atoms with Crippen LogP contribution in [0.2, 0.25) is 0 Å². The molecule has 1 N–H and O–H groups in total. The maximum Gasteiger partial charge on any atom is 0.0464 e. The van der Waals surface area contributed by atoms with Gasteiger partial charge in [0.25, 0.3) is 0 Å². The third kappa shape index (κ3) is 4.49. The fourth-order valence-electron chi connectivity index (χ4n) is 6.59. The zero-order chi connectivity index (χ0) is 26.0. The van der Waals surface area contributed by atoms with Crippen LogP contribution in [0.4, 0.5) is 11.4 Å². The molecule has 0 aliphatic heterocycles. The van der Waals surface area contributed by atoms with Crippen molar-refractivity contribution in [1.29, 1.82) is 0 Å². The van der Waals surface area contributed by atoms with E-state index in [4.69, 9.17) is 0 Å². The summed E-state index contributed by atoms with van der Waals surface area (Å²) in [6.07, 6.45) is 6.71. The van der Waals surface area contributed by atoms with Gasteiger partial charge >= 0.3 is 0 Å². The summed E-state index contributed by atoms with van der Waals surface area (Å²) in [4.78, 5) is 0. The van der Waals surface area contributed by atoms with Crippen molar-refractivity contribution in [2.45, 2.75) is 38.0 Å². The molecule has 1 nitrogen and oxygen atoms in total. The summed E-state index contributed by atoms with van der Waals surface area (Å²) < 4.78 is 0. The van der Waals surface area contributed by atoms with Gasteiger partial charge in [-0.1, -0.05) is 135 Å². The molecule has 0 unspecified atom stereocenters. The van der Waals surface area contributed by atoms with Crippen LogP contribution in [-0.2, 0) is 0 Å². The van der Waals surface area contributed by atoms with Gasteiger partial charge in [0.15, 0.2) is 0 Å². The molecule has 1 aliphatic carbocycles. The van der Waals surface area contributed by atoms with Crippen LogP contribution in [0.5, 0.6) is 0 Å². The second kappa shape index (κ2) is 10.4. The first-order chi connectivity index (χ1) is 19.4. The highest BCUT2D eigenvalue weighted by Crippen LogP contribution is 2.42. The van der Waals surface area contributed by atoms with Crippen molar-refractivity contribution in [2.24, 2.45) is 0 Å². The minimum absolute atomic E-state index is 0.679. The normalized spacial score (nSPS) is 14.1. The van der Waals surface area contributed by atoms with Crippen LogP contribution in [0.25, 0.3) is 43.8 Å². The molecule has 0 spiro atoms. The molecule has 0 amide bonds. The van der Waals surface area contributed by atoms with E-state index >= 15 is 0 Å². The quantitative estimate of drug-likeness (QED) is 0.247. The van der Waals surface area contributed by atoms with Gasteiger partial charge in [-0.25, -0.2) is 0 Å². The molecule has 0 atom stereocenters. The van der Waals surface area contributed by atoms with E-state index in [0.29, 0.717) is 5.92 Å².